The van der Waals surface area contributed by atoms with Crippen molar-refractivity contribution in [1.82, 2.24) is 0 Å². The Labute approximate surface area is 137 Å². The molecular formula is C20H24O3. The second-order valence-electron chi connectivity index (χ2n) is 8.24. The number of ether oxygens (including phenoxy) is 1. The largest absolute Gasteiger partial charge is 0.508 e. The molecule has 2 N–H and O–H groups in total. The van der Waals surface area contributed by atoms with Gasteiger partial charge < -0.3 is 14.9 Å². The van der Waals surface area contributed by atoms with E-state index in [9.17, 15) is 10.2 Å². The van der Waals surface area contributed by atoms with E-state index in [1.165, 1.54) is 11.1 Å². The van der Waals surface area contributed by atoms with Crippen LogP contribution >= 0.6 is 0 Å². The molecular weight excluding hydrogens is 288 g/mol. The van der Waals surface area contributed by atoms with Crippen molar-refractivity contribution >= 4 is 0 Å². The molecule has 3 heteroatoms. The number of phenols is 1. The third-order valence-electron chi connectivity index (χ3n) is 7.54. The molecule has 23 heavy (non-hydrogen) atoms. The average Bonchev–Trinajstić information content (AvgIpc) is 3.00. The Morgan fingerprint density at radius 2 is 2.13 bits per heavy atom. The van der Waals surface area contributed by atoms with Gasteiger partial charge in [-0.05, 0) is 79.2 Å². The number of aryl methyl sites for hydroxylation is 1. The van der Waals surface area contributed by atoms with Gasteiger partial charge in [0.1, 0.15) is 17.5 Å². The Hall–Kier alpha value is -1.48. The van der Waals surface area contributed by atoms with Crippen molar-refractivity contribution in [1.29, 1.82) is 0 Å². The standard InChI is InChI=1S/C20H24O3/c1-19-7-6-15-14-5-3-13(21)10-12(14)2-4-16(15)17(19)11-18-20(19,22)8-9-23-18/h3,5,8-10,15-18,21-22H,2,4,6-7,11H2,1H3/t15-,16-,17+,18-,19+,20+/m1/s1. The van der Waals surface area contributed by atoms with Crippen LogP contribution in [0.1, 0.15) is 49.7 Å². The molecule has 0 aromatic heterocycles. The quantitative estimate of drug-likeness (QED) is 0.771. The minimum Gasteiger partial charge on any atom is -0.508 e. The number of aromatic hydroxyl groups is 1. The van der Waals surface area contributed by atoms with Gasteiger partial charge in [-0.1, -0.05) is 13.0 Å². The van der Waals surface area contributed by atoms with Crippen LogP contribution in [0.5, 0.6) is 5.75 Å². The summed E-state index contributed by atoms with van der Waals surface area (Å²) in [5, 5.41) is 21.0. The van der Waals surface area contributed by atoms with Crippen LogP contribution in [0.4, 0.5) is 0 Å². The number of hydrogen-bond donors (Lipinski definition) is 2. The number of fused-ring (bicyclic) bond motifs is 7. The first kappa shape index (κ1) is 13.9. The van der Waals surface area contributed by atoms with Gasteiger partial charge in [-0.25, -0.2) is 0 Å². The normalized spacial score (nSPS) is 46.5. The SMILES string of the molecule is C[C@]12CC[C@@H]3c4ccc(O)cc4CC[C@H]3[C@@H]1C[C@H]1OC=C[C@]12O. The molecule has 0 amide bonds. The fraction of sp³-hybridized carbons (Fsp3) is 0.600. The van der Waals surface area contributed by atoms with Crippen molar-refractivity contribution < 1.29 is 14.9 Å². The lowest BCUT2D eigenvalue weighted by Gasteiger charge is -2.52. The van der Waals surface area contributed by atoms with E-state index >= 15 is 0 Å². The predicted octanol–water partition coefficient (Wildman–Crippen LogP) is 3.50. The summed E-state index contributed by atoms with van der Waals surface area (Å²) in [5.74, 6) is 2.09. The first-order valence-corrected chi connectivity index (χ1v) is 8.90. The monoisotopic (exact) mass is 312 g/mol. The molecule has 0 saturated heterocycles. The minimum atomic E-state index is -0.780. The molecule has 4 aliphatic rings. The topological polar surface area (TPSA) is 49.7 Å². The lowest BCUT2D eigenvalue weighted by atomic mass is 9.53. The van der Waals surface area contributed by atoms with Gasteiger partial charge in [-0.15, -0.1) is 0 Å². The van der Waals surface area contributed by atoms with E-state index in [1.54, 1.807) is 6.26 Å². The lowest BCUT2D eigenvalue weighted by Crippen LogP contribution is -2.51. The van der Waals surface area contributed by atoms with Crippen LogP contribution in [0.2, 0.25) is 0 Å². The highest BCUT2D eigenvalue weighted by atomic mass is 16.5. The minimum absolute atomic E-state index is 0.0579. The Kier molecular flexibility index (Phi) is 2.62. The molecule has 2 saturated carbocycles. The van der Waals surface area contributed by atoms with E-state index in [2.05, 4.69) is 13.0 Å². The van der Waals surface area contributed by atoms with E-state index in [-0.39, 0.29) is 11.5 Å². The molecule has 6 atom stereocenters. The van der Waals surface area contributed by atoms with Crippen molar-refractivity contribution in [3.05, 3.63) is 41.7 Å². The maximum absolute atomic E-state index is 11.3. The van der Waals surface area contributed by atoms with Crippen molar-refractivity contribution in [3.63, 3.8) is 0 Å². The van der Waals surface area contributed by atoms with Gasteiger partial charge in [0.05, 0.1) is 6.26 Å². The zero-order valence-electron chi connectivity index (χ0n) is 13.5. The number of aliphatic hydroxyl groups is 1. The van der Waals surface area contributed by atoms with E-state index in [0.29, 0.717) is 23.5 Å². The van der Waals surface area contributed by atoms with Crippen LogP contribution in [-0.2, 0) is 11.2 Å². The summed E-state index contributed by atoms with van der Waals surface area (Å²) in [6.45, 7) is 2.28. The molecule has 0 bridgehead atoms. The Bertz CT molecular complexity index is 696. The number of benzene rings is 1. The Morgan fingerprint density at radius 3 is 3.00 bits per heavy atom. The second kappa shape index (κ2) is 4.32. The van der Waals surface area contributed by atoms with Gasteiger partial charge in [0.15, 0.2) is 0 Å². The van der Waals surface area contributed by atoms with Crippen LogP contribution in [0.25, 0.3) is 0 Å². The van der Waals surface area contributed by atoms with Gasteiger partial charge in [0.2, 0.25) is 0 Å². The maximum Gasteiger partial charge on any atom is 0.131 e. The Morgan fingerprint density at radius 1 is 1.26 bits per heavy atom. The maximum atomic E-state index is 11.3. The van der Waals surface area contributed by atoms with Gasteiger partial charge >= 0.3 is 0 Å². The summed E-state index contributed by atoms with van der Waals surface area (Å²) in [5.41, 5.74) is 1.91. The van der Waals surface area contributed by atoms with E-state index in [0.717, 1.165) is 32.1 Å². The molecule has 1 aromatic rings. The summed E-state index contributed by atoms with van der Waals surface area (Å²) in [6.07, 6.45) is 8.89. The van der Waals surface area contributed by atoms with Crippen LogP contribution in [-0.4, -0.2) is 21.9 Å². The highest BCUT2D eigenvalue weighted by Crippen LogP contribution is 2.66. The van der Waals surface area contributed by atoms with Gasteiger partial charge in [0.25, 0.3) is 0 Å². The third-order valence-corrected chi connectivity index (χ3v) is 7.54. The first-order valence-electron chi connectivity index (χ1n) is 8.90. The zero-order valence-corrected chi connectivity index (χ0v) is 13.5. The van der Waals surface area contributed by atoms with Crippen molar-refractivity contribution in [2.24, 2.45) is 17.3 Å². The smallest absolute Gasteiger partial charge is 0.131 e. The molecule has 1 heterocycles. The van der Waals surface area contributed by atoms with E-state index in [1.807, 2.05) is 18.2 Å². The van der Waals surface area contributed by atoms with E-state index in [4.69, 9.17) is 4.74 Å². The Balaban J connectivity index is 1.55. The fourth-order valence-corrected chi connectivity index (χ4v) is 6.29. The zero-order chi connectivity index (χ0) is 15.8. The van der Waals surface area contributed by atoms with Gasteiger partial charge in [-0.3, -0.25) is 0 Å². The third kappa shape index (κ3) is 1.59. The van der Waals surface area contributed by atoms with Crippen molar-refractivity contribution in [3.8, 4) is 5.75 Å². The molecule has 0 radical (unpaired) electrons. The molecule has 3 nitrogen and oxygen atoms in total. The van der Waals surface area contributed by atoms with Crippen LogP contribution in [0.3, 0.4) is 0 Å². The van der Waals surface area contributed by atoms with Crippen molar-refractivity contribution in [2.75, 3.05) is 0 Å². The molecule has 122 valence electrons. The molecule has 5 rings (SSSR count). The van der Waals surface area contributed by atoms with Gasteiger partial charge in [-0.2, -0.15) is 0 Å². The number of rotatable bonds is 0. The summed E-state index contributed by atoms with van der Waals surface area (Å²) in [6, 6.07) is 5.91. The molecule has 3 aliphatic carbocycles. The van der Waals surface area contributed by atoms with Gasteiger partial charge in [0, 0.05) is 5.41 Å². The molecule has 0 spiro atoms. The van der Waals surface area contributed by atoms with Crippen molar-refractivity contribution in [2.45, 2.75) is 56.7 Å². The average molecular weight is 312 g/mol. The summed E-state index contributed by atoms with van der Waals surface area (Å²) < 4.78 is 5.74. The van der Waals surface area contributed by atoms with Crippen LogP contribution in [0.15, 0.2) is 30.5 Å². The highest BCUT2D eigenvalue weighted by molar-refractivity contribution is 5.41. The molecule has 1 aromatic carbocycles. The summed E-state index contributed by atoms with van der Waals surface area (Å²) >= 11 is 0. The molecule has 0 unspecified atom stereocenters. The van der Waals surface area contributed by atoms with E-state index < -0.39 is 5.60 Å². The molecule has 1 aliphatic heterocycles. The van der Waals surface area contributed by atoms with Crippen LogP contribution in [0, 0.1) is 17.3 Å². The molecule has 2 fully saturated rings. The number of phenolic OH excluding ortho intramolecular Hbond substituents is 1. The predicted molar refractivity (Wildman–Crippen MR) is 87.1 cm³/mol. The second-order valence-corrected chi connectivity index (χ2v) is 8.24. The number of hydrogen-bond acceptors (Lipinski definition) is 3. The lowest BCUT2D eigenvalue weighted by molar-refractivity contribution is -0.0948. The summed E-state index contributed by atoms with van der Waals surface area (Å²) in [7, 11) is 0. The fourth-order valence-electron chi connectivity index (χ4n) is 6.29. The summed E-state index contributed by atoms with van der Waals surface area (Å²) in [4.78, 5) is 0. The van der Waals surface area contributed by atoms with Crippen LogP contribution < -0.4 is 0 Å². The highest BCUT2D eigenvalue weighted by Gasteiger charge is 2.67. The first-order chi connectivity index (χ1) is 11.0.